The lowest BCUT2D eigenvalue weighted by Gasteiger charge is -2.08. The summed E-state index contributed by atoms with van der Waals surface area (Å²) >= 11 is 5.74. The van der Waals surface area contributed by atoms with Gasteiger partial charge in [-0.05, 0) is 29.8 Å². The third kappa shape index (κ3) is 2.72. The van der Waals surface area contributed by atoms with Crippen molar-refractivity contribution in [3.05, 3.63) is 63.3 Å². The van der Waals surface area contributed by atoms with E-state index in [1.807, 2.05) is 0 Å². The lowest BCUT2D eigenvalue weighted by atomic mass is 10.1. The molecule has 1 aromatic heterocycles. The van der Waals surface area contributed by atoms with E-state index in [0.29, 0.717) is 10.9 Å². The van der Waals surface area contributed by atoms with Crippen molar-refractivity contribution in [2.45, 2.75) is 11.4 Å². The summed E-state index contributed by atoms with van der Waals surface area (Å²) in [6, 6.07) is 7.66. The van der Waals surface area contributed by atoms with Crippen molar-refractivity contribution >= 4 is 38.2 Å². The molecule has 3 N–H and O–H groups in total. The Morgan fingerprint density at radius 3 is 2.64 bits per heavy atom. The highest BCUT2D eigenvalue weighted by atomic mass is 35.5. The van der Waals surface area contributed by atoms with E-state index in [9.17, 15) is 23.6 Å². The van der Waals surface area contributed by atoms with Crippen molar-refractivity contribution < 1.29 is 18.4 Å². The largest absolute Gasteiger partial charge is 0.507 e. The number of aromatic nitrogens is 1. The van der Waals surface area contributed by atoms with Gasteiger partial charge in [-0.2, -0.15) is 0 Å². The van der Waals surface area contributed by atoms with Gasteiger partial charge < -0.3 is 10.8 Å². The second-order valence-corrected chi connectivity index (χ2v) is 7.42. The van der Waals surface area contributed by atoms with Crippen LogP contribution < -0.4 is 5.73 Å². The van der Waals surface area contributed by atoms with Crippen molar-refractivity contribution in [1.29, 1.82) is 0 Å². The molecule has 1 heterocycles. The molecule has 3 aromatic rings. The van der Waals surface area contributed by atoms with Gasteiger partial charge in [-0.3, -0.25) is 10.1 Å². The van der Waals surface area contributed by atoms with Crippen LogP contribution in [0.25, 0.3) is 10.9 Å². The van der Waals surface area contributed by atoms with Crippen LogP contribution >= 0.6 is 11.6 Å². The first-order valence-corrected chi connectivity index (χ1v) is 8.80. The van der Waals surface area contributed by atoms with Crippen LogP contribution in [-0.2, 0) is 16.6 Å². The van der Waals surface area contributed by atoms with Gasteiger partial charge >= 0.3 is 0 Å². The highest BCUT2D eigenvalue weighted by Gasteiger charge is 2.25. The quantitative estimate of drug-likeness (QED) is 0.528. The zero-order valence-corrected chi connectivity index (χ0v) is 14.2. The first-order chi connectivity index (χ1) is 11.8. The van der Waals surface area contributed by atoms with E-state index in [2.05, 4.69) is 0 Å². The van der Waals surface area contributed by atoms with Gasteiger partial charge in [-0.15, -0.1) is 0 Å². The lowest BCUT2D eigenvalue weighted by Crippen LogP contribution is -2.12. The van der Waals surface area contributed by atoms with Crippen molar-refractivity contribution in [2.75, 3.05) is 0 Å². The highest BCUT2D eigenvalue weighted by molar-refractivity contribution is 7.90. The van der Waals surface area contributed by atoms with Gasteiger partial charge in [0, 0.05) is 24.2 Å². The summed E-state index contributed by atoms with van der Waals surface area (Å²) in [6.45, 7) is 0.0113. The Hall–Kier alpha value is -2.62. The molecule has 25 heavy (non-hydrogen) atoms. The summed E-state index contributed by atoms with van der Waals surface area (Å²) in [4.78, 5) is 9.96. The van der Waals surface area contributed by atoms with Crippen LogP contribution in [-0.4, -0.2) is 22.4 Å². The van der Waals surface area contributed by atoms with Gasteiger partial charge in [-0.1, -0.05) is 17.7 Å². The molecule has 0 fully saturated rings. The van der Waals surface area contributed by atoms with Gasteiger partial charge in [-0.25, -0.2) is 12.4 Å². The fraction of sp³-hybridized carbons (Fsp3) is 0.0667. The molecule has 0 aliphatic rings. The summed E-state index contributed by atoms with van der Waals surface area (Å²) in [5.41, 5.74) is 5.78. The SMILES string of the molecule is NCc1cn(S(=O)(=O)c2ccc(Cl)c([N+](=O)[O-])c2)c2cccc(O)c12. The molecule has 0 radical (unpaired) electrons. The van der Waals surface area contributed by atoms with Crippen LogP contribution in [0.5, 0.6) is 5.75 Å². The van der Waals surface area contributed by atoms with E-state index in [1.54, 1.807) is 0 Å². The van der Waals surface area contributed by atoms with Crippen LogP contribution in [0, 0.1) is 10.1 Å². The molecule has 0 spiro atoms. The van der Waals surface area contributed by atoms with Crippen molar-refractivity contribution in [1.82, 2.24) is 3.97 Å². The number of rotatable bonds is 4. The molecule has 3 rings (SSSR count). The Kier molecular flexibility index (Phi) is 4.15. The fourth-order valence-corrected chi connectivity index (χ4v) is 4.17. The number of hydrogen-bond acceptors (Lipinski definition) is 6. The highest BCUT2D eigenvalue weighted by Crippen LogP contribution is 2.33. The number of aromatic hydroxyl groups is 1. The van der Waals surface area contributed by atoms with Crippen LogP contribution in [0.2, 0.25) is 5.02 Å². The van der Waals surface area contributed by atoms with E-state index >= 15 is 0 Å². The van der Waals surface area contributed by atoms with E-state index in [4.69, 9.17) is 17.3 Å². The van der Waals surface area contributed by atoms with Crippen LogP contribution in [0.1, 0.15) is 5.56 Å². The number of nitrogens with zero attached hydrogens (tertiary/aromatic N) is 2. The Labute approximate surface area is 147 Å². The third-order valence-corrected chi connectivity index (χ3v) is 5.73. The monoisotopic (exact) mass is 381 g/mol. The number of halogens is 1. The minimum absolute atomic E-state index is 0.0113. The topological polar surface area (TPSA) is 128 Å². The average molecular weight is 382 g/mol. The molecule has 0 amide bonds. The molecular formula is C15H12ClN3O5S. The summed E-state index contributed by atoms with van der Waals surface area (Å²) in [5, 5.41) is 21.2. The molecule has 0 aliphatic heterocycles. The van der Waals surface area contributed by atoms with E-state index in [0.717, 1.165) is 16.1 Å². The van der Waals surface area contributed by atoms with Gasteiger partial charge in [0.1, 0.15) is 10.8 Å². The van der Waals surface area contributed by atoms with E-state index < -0.39 is 20.6 Å². The number of nitro groups is 1. The van der Waals surface area contributed by atoms with E-state index in [1.165, 1.54) is 30.5 Å². The second kappa shape index (κ2) is 6.03. The smallest absolute Gasteiger partial charge is 0.289 e. The Morgan fingerprint density at radius 2 is 2.00 bits per heavy atom. The summed E-state index contributed by atoms with van der Waals surface area (Å²) < 4.78 is 26.8. The zero-order chi connectivity index (χ0) is 18.4. The average Bonchev–Trinajstić information content (AvgIpc) is 2.95. The molecule has 0 bridgehead atoms. The number of hydrogen-bond donors (Lipinski definition) is 2. The number of nitrogens with two attached hydrogens (primary N) is 1. The second-order valence-electron chi connectivity index (χ2n) is 5.20. The lowest BCUT2D eigenvalue weighted by molar-refractivity contribution is -0.384. The first kappa shape index (κ1) is 17.2. The van der Waals surface area contributed by atoms with Crippen molar-refractivity contribution in [3.8, 4) is 5.75 Å². The predicted octanol–water partition coefficient (Wildman–Crippen LogP) is 2.60. The van der Waals surface area contributed by atoms with Crippen molar-refractivity contribution in [2.24, 2.45) is 5.73 Å². The number of phenols is 1. The molecule has 2 aromatic carbocycles. The minimum atomic E-state index is -4.16. The number of benzene rings is 2. The maximum Gasteiger partial charge on any atom is 0.289 e. The first-order valence-electron chi connectivity index (χ1n) is 6.99. The molecule has 130 valence electrons. The Bertz CT molecular complexity index is 1110. The third-order valence-electron chi connectivity index (χ3n) is 3.74. The molecule has 8 nitrogen and oxygen atoms in total. The zero-order valence-electron chi connectivity index (χ0n) is 12.6. The van der Waals surface area contributed by atoms with Gasteiger partial charge in [0.2, 0.25) is 0 Å². The summed E-state index contributed by atoms with van der Waals surface area (Å²) in [5.74, 6) is -0.103. The van der Waals surface area contributed by atoms with Gasteiger partial charge in [0.25, 0.3) is 15.7 Å². The Morgan fingerprint density at radius 1 is 1.28 bits per heavy atom. The molecule has 0 saturated carbocycles. The van der Waals surface area contributed by atoms with E-state index in [-0.39, 0.29) is 27.7 Å². The number of fused-ring (bicyclic) bond motifs is 1. The molecular weight excluding hydrogens is 370 g/mol. The summed E-state index contributed by atoms with van der Waals surface area (Å²) in [6.07, 6.45) is 1.29. The fourth-order valence-electron chi connectivity index (χ4n) is 2.58. The molecule has 10 heteroatoms. The number of nitro benzene ring substituents is 1. The molecule has 0 unspecified atom stereocenters. The Balaban J connectivity index is 2.29. The van der Waals surface area contributed by atoms with Crippen LogP contribution in [0.3, 0.4) is 0 Å². The molecule has 0 atom stereocenters. The number of phenolic OH excluding ortho intramolecular Hbond substituents is 1. The van der Waals surface area contributed by atoms with Crippen LogP contribution in [0.15, 0.2) is 47.5 Å². The predicted molar refractivity (Wildman–Crippen MR) is 92.2 cm³/mol. The van der Waals surface area contributed by atoms with Gasteiger partial charge in [0.05, 0.1) is 15.3 Å². The maximum atomic E-state index is 12.9. The van der Waals surface area contributed by atoms with Gasteiger partial charge in [0.15, 0.2) is 0 Å². The summed E-state index contributed by atoms with van der Waals surface area (Å²) in [7, 11) is -4.16. The minimum Gasteiger partial charge on any atom is -0.507 e. The standard InChI is InChI=1S/C15H12ClN3O5S/c16-11-5-4-10(6-13(11)19(21)22)25(23,24)18-8-9(7-17)15-12(18)2-1-3-14(15)20/h1-6,8,20H,7,17H2. The van der Waals surface area contributed by atoms with Crippen LogP contribution in [0.4, 0.5) is 5.69 Å². The van der Waals surface area contributed by atoms with Crippen molar-refractivity contribution in [3.63, 3.8) is 0 Å². The molecule has 0 aliphatic carbocycles. The molecule has 0 saturated heterocycles. The maximum absolute atomic E-state index is 12.9. The normalized spacial score (nSPS) is 11.8.